The highest BCUT2D eigenvalue weighted by atomic mass is 35.5. The maximum Gasteiger partial charge on any atom is 0.240 e. The van der Waals surface area contributed by atoms with Gasteiger partial charge in [-0.1, -0.05) is 61.2 Å². The number of sulfonamides is 1. The molecule has 0 saturated heterocycles. The second-order valence-electron chi connectivity index (χ2n) is 8.70. The third kappa shape index (κ3) is 7.31. The standard InChI is InChI=1S/C27H29ClN2O4S/c28-21-14-17-26(34-23-9-5-2-6-10-23)25(19-21)29-27(31)18-13-20-11-15-24(16-12-20)35(32,33)30-22-7-3-1-4-8-22/h2,5-6,9-12,14-17,19,22,30H,1,3-4,7-8,13,18H2,(H,29,31). The van der Waals surface area contributed by atoms with Gasteiger partial charge in [0, 0.05) is 17.5 Å². The first-order valence-electron chi connectivity index (χ1n) is 11.8. The number of benzene rings is 3. The zero-order valence-corrected chi connectivity index (χ0v) is 20.9. The van der Waals surface area contributed by atoms with Crippen LogP contribution in [-0.2, 0) is 21.2 Å². The number of hydrogen-bond donors (Lipinski definition) is 2. The topological polar surface area (TPSA) is 84.5 Å². The van der Waals surface area contributed by atoms with Crippen LogP contribution in [0.2, 0.25) is 5.02 Å². The Labute approximate surface area is 211 Å². The van der Waals surface area contributed by atoms with Gasteiger partial charge in [0.25, 0.3) is 0 Å². The maximum absolute atomic E-state index is 12.7. The van der Waals surface area contributed by atoms with Gasteiger partial charge in [-0.3, -0.25) is 4.79 Å². The van der Waals surface area contributed by atoms with E-state index >= 15 is 0 Å². The fourth-order valence-electron chi connectivity index (χ4n) is 4.12. The normalized spacial score (nSPS) is 14.4. The first-order valence-corrected chi connectivity index (χ1v) is 13.7. The van der Waals surface area contributed by atoms with Gasteiger partial charge >= 0.3 is 0 Å². The van der Waals surface area contributed by atoms with Crippen molar-refractivity contribution in [2.45, 2.75) is 55.9 Å². The van der Waals surface area contributed by atoms with E-state index in [9.17, 15) is 13.2 Å². The highest BCUT2D eigenvalue weighted by Crippen LogP contribution is 2.32. The Morgan fingerprint density at radius 2 is 1.66 bits per heavy atom. The molecule has 1 fully saturated rings. The van der Waals surface area contributed by atoms with Crippen LogP contribution in [0.25, 0.3) is 0 Å². The summed E-state index contributed by atoms with van der Waals surface area (Å²) >= 11 is 6.13. The summed E-state index contributed by atoms with van der Waals surface area (Å²) in [5.74, 6) is 0.952. The number of anilines is 1. The molecule has 184 valence electrons. The highest BCUT2D eigenvalue weighted by molar-refractivity contribution is 7.89. The lowest BCUT2D eigenvalue weighted by molar-refractivity contribution is -0.116. The van der Waals surface area contributed by atoms with Gasteiger partial charge in [0.2, 0.25) is 15.9 Å². The summed E-state index contributed by atoms with van der Waals surface area (Å²) < 4.78 is 34.1. The van der Waals surface area contributed by atoms with Gasteiger partial charge in [0.05, 0.1) is 10.6 Å². The molecule has 35 heavy (non-hydrogen) atoms. The summed E-state index contributed by atoms with van der Waals surface area (Å²) in [4.78, 5) is 12.9. The molecule has 0 radical (unpaired) electrons. The quantitative estimate of drug-likeness (QED) is 0.351. The molecule has 0 heterocycles. The van der Waals surface area contributed by atoms with E-state index < -0.39 is 10.0 Å². The number of halogens is 1. The number of carbonyl (C=O) groups excluding carboxylic acids is 1. The molecule has 6 nitrogen and oxygen atoms in total. The molecule has 3 aromatic carbocycles. The van der Waals surface area contributed by atoms with Crippen molar-refractivity contribution in [3.63, 3.8) is 0 Å². The van der Waals surface area contributed by atoms with E-state index in [2.05, 4.69) is 10.0 Å². The molecule has 1 aliphatic carbocycles. The fourth-order valence-corrected chi connectivity index (χ4v) is 5.60. The lowest BCUT2D eigenvalue weighted by Crippen LogP contribution is -2.36. The Morgan fingerprint density at radius 3 is 2.37 bits per heavy atom. The van der Waals surface area contributed by atoms with Gasteiger partial charge in [-0.2, -0.15) is 0 Å². The van der Waals surface area contributed by atoms with Crippen LogP contribution in [0.4, 0.5) is 5.69 Å². The number of amides is 1. The largest absolute Gasteiger partial charge is 0.455 e. The van der Waals surface area contributed by atoms with Gasteiger partial charge in [0.1, 0.15) is 5.75 Å². The molecule has 1 aliphatic rings. The lowest BCUT2D eigenvalue weighted by atomic mass is 9.96. The minimum atomic E-state index is -3.54. The van der Waals surface area contributed by atoms with Gasteiger partial charge in [-0.15, -0.1) is 0 Å². The molecule has 0 aromatic heterocycles. The van der Waals surface area contributed by atoms with E-state index in [1.165, 1.54) is 6.42 Å². The van der Waals surface area contributed by atoms with Crippen LogP contribution in [0.15, 0.2) is 77.7 Å². The second kappa shape index (κ2) is 11.7. The molecule has 0 aliphatic heterocycles. The Balaban J connectivity index is 1.34. The smallest absolute Gasteiger partial charge is 0.240 e. The molecule has 1 saturated carbocycles. The molecular weight excluding hydrogens is 484 g/mol. The van der Waals surface area contributed by atoms with Crippen LogP contribution in [0, 0.1) is 0 Å². The summed E-state index contributed by atoms with van der Waals surface area (Å²) in [6.07, 6.45) is 5.75. The number of carbonyl (C=O) groups is 1. The Morgan fingerprint density at radius 1 is 0.943 bits per heavy atom. The van der Waals surface area contributed by atoms with Crippen LogP contribution in [-0.4, -0.2) is 20.4 Å². The number of nitrogens with one attached hydrogen (secondary N) is 2. The van der Waals surface area contributed by atoms with Crippen LogP contribution in [0.1, 0.15) is 44.1 Å². The van der Waals surface area contributed by atoms with Crippen molar-refractivity contribution in [3.05, 3.63) is 83.4 Å². The summed E-state index contributed by atoms with van der Waals surface area (Å²) in [6, 6.07) is 21.1. The predicted octanol–water partition coefficient (Wildman–Crippen LogP) is 6.31. The van der Waals surface area contributed by atoms with E-state index in [0.29, 0.717) is 28.6 Å². The lowest BCUT2D eigenvalue weighted by Gasteiger charge is -2.22. The molecule has 0 spiro atoms. The predicted molar refractivity (Wildman–Crippen MR) is 139 cm³/mol. The monoisotopic (exact) mass is 512 g/mol. The number of ether oxygens (including phenoxy) is 1. The number of aryl methyl sites for hydroxylation is 1. The SMILES string of the molecule is O=C(CCc1ccc(S(=O)(=O)NC2CCCCC2)cc1)Nc1cc(Cl)ccc1Oc1ccccc1. The molecule has 0 unspecified atom stereocenters. The van der Waals surface area contributed by atoms with Gasteiger partial charge in [0.15, 0.2) is 5.75 Å². The number of para-hydroxylation sites is 1. The molecule has 3 aromatic rings. The molecule has 4 rings (SSSR count). The molecular formula is C27H29ClN2O4S. The van der Waals surface area contributed by atoms with Crippen molar-refractivity contribution in [2.75, 3.05) is 5.32 Å². The van der Waals surface area contributed by atoms with Crippen LogP contribution < -0.4 is 14.8 Å². The van der Waals surface area contributed by atoms with E-state index in [-0.39, 0.29) is 23.3 Å². The number of hydrogen-bond acceptors (Lipinski definition) is 4. The summed E-state index contributed by atoms with van der Waals surface area (Å²) in [7, 11) is -3.54. The molecule has 0 atom stereocenters. The molecule has 0 bridgehead atoms. The van der Waals surface area contributed by atoms with Crippen LogP contribution in [0.3, 0.4) is 0 Å². The van der Waals surface area contributed by atoms with Gasteiger partial charge in [-0.25, -0.2) is 13.1 Å². The average Bonchev–Trinajstić information content (AvgIpc) is 2.86. The van der Waals surface area contributed by atoms with Crippen molar-refractivity contribution in [3.8, 4) is 11.5 Å². The zero-order chi connectivity index (χ0) is 24.7. The minimum Gasteiger partial charge on any atom is -0.455 e. The molecule has 2 N–H and O–H groups in total. The zero-order valence-electron chi connectivity index (χ0n) is 19.4. The second-order valence-corrected chi connectivity index (χ2v) is 10.9. The van der Waals surface area contributed by atoms with Crippen molar-refractivity contribution in [2.24, 2.45) is 0 Å². The van der Waals surface area contributed by atoms with Crippen molar-refractivity contribution in [1.82, 2.24) is 4.72 Å². The first-order chi connectivity index (χ1) is 16.9. The van der Waals surface area contributed by atoms with E-state index in [0.717, 1.165) is 31.2 Å². The number of rotatable bonds is 9. The van der Waals surface area contributed by atoms with Crippen molar-refractivity contribution < 1.29 is 17.9 Å². The average molecular weight is 513 g/mol. The third-order valence-electron chi connectivity index (χ3n) is 5.99. The highest BCUT2D eigenvalue weighted by Gasteiger charge is 2.21. The molecule has 8 heteroatoms. The summed E-state index contributed by atoms with van der Waals surface area (Å²) in [6.45, 7) is 0. The third-order valence-corrected chi connectivity index (χ3v) is 7.76. The van der Waals surface area contributed by atoms with Crippen molar-refractivity contribution in [1.29, 1.82) is 0 Å². The Hall–Kier alpha value is -2.87. The summed E-state index contributed by atoms with van der Waals surface area (Å²) in [5.41, 5.74) is 1.37. The fraction of sp³-hybridized carbons (Fsp3) is 0.296. The first kappa shape index (κ1) is 25.2. The van der Waals surface area contributed by atoms with Gasteiger partial charge in [-0.05, 0) is 67.3 Å². The Bertz CT molecular complexity index is 1240. The van der Waals surface area contributed by atoms with E-state index in [4.69, 9.17) is 16.3 Å². The van der Waals surface area contributed by atoms with E-state index in [1.807, 2.05) is 30.3 Å². The Kier molecular flexibility index (Phi) is 8.44. The van der Waals surface area contributed by atoms with Crippen LogP contribution >= 0.6 is 11.6 Å². The maximum atomic E-state index is 12.7. The van der Waals surface area contributed by atoms with Crippen molar-refractivity contribution >= 4 is 33.2 Å². The van der Waals surface area contributed by atoms with Gasteiger partial charge < -0.3 is 10.1 Å². The minimum absolute atomic E-state index is 0.0133. The van der Waals surface area contributed by atoms with E-state index in [1.54, 1.807) is 42.5 Å². The molecule has 1 amide bonds. The van der Waals surface area contributed by atoms with Crippen LogP contribution in [0.5, 0.6) is 11.5 Å². The summed E-state index contributed by atoms with van der Waals surface area (Å²) in [5, 5.41) is 3.35.